The van der Waals surface area contributed by atoms with Crippen molar-refractivity contribution in [3.63, 3.8) is 0 Å². The van der Waals surface area contributed by atoms with Crippen molar-refractivity contribution in [2.75, 3.05) is 69.2 Å². The largest absolute Gasteiger partial charge is 0.368 e. The Hall–Kier alpha value is -2.84. The molecule has 2 aromatic rings. The molecule has 164 valence electrons. The lowest BCUT2D eigenvalue weighted by molar-refractivity contribution is -0.384. The van der Waals surface area contributed by atoms with E-state index in [0.29, 0.717) is 42.5 Å². The zero-order chi connectivity index (χ0) is 22.0. The van der Waals surface area contributed by atoms with Crippen LogP contribution in [0.5, 0.6) is 0 Å². The van der Waals surface area contributed by atoms with E-state index in [4.69, 9.17) is 11.6 Å². The Labute approximate surface area is 186 Å². The lowest BCUT2D eigenvalue weighted by Gasteiger charge is -2.36. The lowest BCUT2D eigenvalue weighted by atomic mass is 10.1. The minimum absolute atomic E-state index is 0.00651. The van der Waals surface area contributed by atoms with Gasteiger partial charge in [-0.1, -0.05) is 17.7 Å². The molecule has 2 aliphatic heterocycles. The van der Waals surface area contributed by atoms with Gasteiger partial charge in [0, 0.05) is 74.7 Å². The number of rotatable bonds is 4. The molecule has 2 heterocycles. The van der Waals surface area contributed by atoms with Gasteiger partial charge in [-0.05, 0) is 37.4 Å². The standard InChI is InChI=1S/C22H26ClN5O3/c1-24-7-9-26(10-8-24)20-6-5-17(15-21(20)28(30)31)22(29)27-13-11-25(12-14-27)19-4-2-3-18(23)16-19/h2-6,15-16H,7-14H2,1H3. The summed E-state index contributed by atoms with van der Waals surface area (Å²) in [7, 11) is 2.04. The van der Waals surface area contributed by atoms with Gasteiger partial charge < -0.3 is 19.6 Å². The Kier molecular flexibility index (Phi) is 6.29. The van der Waals surface area contributed by atoms with Crippen LogP contribution >= 0.6 is 11.6 Å². The molecule has 31 heavy (non-hydrogen) atoms. The van der Waals surface area contributed by atoms with Crippen LogP contribution in [0, 0.1) is 10.1 Å². The monoisotopic (exact) mass is 443 g/mol. The Morgan fingerprint density at radius 2 is 1.61 bits per heavy atom. The number of likely N-dealkylation sites (N-methyl/N-ethyl adjacent to an activating group) is 1. The highest BCUT2D eigenvalue weighted by Gasteiger charge is 2.27. The van der Waals surface area contributed by atoms with Crippen molar-refractivity contribution in [1.29, 1.82) is 0 Å². The summed E-state index contributed by atoms with van der Waals surface area (Å²) in [4.78, 5) is 32.6. The third kappa shape index (κ3) is 4.75. The van der Waals surface area contributed by atoms with E-state index < -0.39 is 0 Å². The summed E-state index contributed by atoms with van der Waals surface area (Å²) in [6.07, 6.45) is 0. The summed E-state index contributed by atoms with van der Waals surface area (Å²) in [5.74, 6) is -0.168. The van der Waals surface area contributed by atoms with E-state index in [1.807, 2.05) is 36.2 Å². The van der Waals surface area contributed by atoms with Crippen LogP contribution in [0.4, 0.5) is 17.1 Å². The van der Waals surface area contributed by atoms with Gasteiger partial charge in [-0.2, -0.15) is 0 Å². The first-order valence-corrected chi connectivity index (χ1v) is 10.8. The smallest absolute Gasteiger partial charge is 0.293 e. The first-order chi connectivity index (χ1) is 14.9. The molecule has 0 bridgehead atoms. The fourth-order valence-electron chi connectivity index (χ4n) is 4.14. The lowest BCUT2D eigenvalue weighted by Crippen LogP contribution is -2.48. The van der Waals surface area contributed by atoms with Gasteiger partial charge in [0.05, 0.1) is 4.92 Å². The SMILES string of the molecule is CN1CCN(c2ccc(C(=O)N3CCN(c4cccc(Cl)c4)CC3)cc2[N+](=O)[O-])CC1. The van der Waals surface area contributed by atoms with Gasteiger partial charge in [0.2, 0.25) is 0 Å². The molecule has 2 aromatic carbocycles. The topological polar surface area (TPSA) is 73.2 Å². The van der Waals surface area contributed by atoms with Crippen LogP contribution in [-0.2, 0) is 0 Å². The third-order valence-electron chi connectivity index (χ3n) is 6.00. The van der Waals surface area contributed by atoms with Crippen molar-refractivity contribution in [2.24, 2.45) is 0 Å². The summed E-state index contributed by atoms with van der Waals surface area (Å²) in [5.41, 5.74) is 1.97. The van der Waals surface area contributed by atoms with Crippen molar-refractivity contribution in [2.45, 2.75) is 0 Å². The van der Waals surface area contributed by atoms with E-state index in [1.165, 1.54) is 6.07 Å². The molecule has 0 aliphatic carbocycles. The highest BCUT2D eigenvalue weighted by molar-refractivity contribution is 6.30. The molecule has 0 spiro atoms. The number of nitro groups is 1. The molecule has 0 unspecified atom stereocenters. The summed E-state index contributed by atoms with van der Waals surface area (Å²) in [6.45, 7) is 5.66. The van der Waals surface area contributed by atoms with Gasteiger partial charge in [0.15, 0.2) is 0 Å². The van der Waals surface area contributed by atoms with E-state index in [9.17, 15) is 14.9 Å². The number of carbonyl (C=O) groups is 1. The van der Waals surface area contributed by atoms with E-state index >= 15 is 0 Å². The molecule has 0 N–H and O–H groups in total. The number of nitro benzene ring substituents is 1. The molecule has 2 fully saturated rings. The fraction of sp³-hybridized carbons (Fsp3) is 0.409. The first-order valence-electron chi connectivity index (χ1n) is 10.4. The molecular formula is C22H26ClN5O3. The summed E-state index contributed by atoms with van der Waals surface area (Å²) < 4.78 is 0. The number of benzene rings is 2. The molecule has 4 rings (SSSR count). The molecule has 0 radical (unpaired) electrons. The zero-order valence-electron chi connectivity index (χ0n) is 17.5. The maximum absolute atomic E-state index is 13.0. The van der Waals surface area contributed by atoms with Crippen molar-refractivity contribution in [3.05, 3.63) is 63.2 Å². The van der Waals surface area contributed by atoms with Gasteiger partial charge in [-0.25, -0.2) is 0 Å². The number of hydrogen-bond acceptors (Lipinski definition) is 6. The molecule has 0 aromatic heterocycles. The number of carbonyl (C=O) groups excluding carboxylic acids is 1. The highest BCUT2D eigenvalue weighted by Crippen LogP contribution is 2.31. The molecule has 0 atom stereocenters. The molecule has 0 saturated carbocycles. The second-order valence-electron chi connectivity index (χ2n) is 8.01. The first kappa shape index (κ1) is 21.4. The third-order valence-corrected chi connectivity index (χ3v) is 6.24. The van der Waals surface area contributed by atoms with Crippen LogP contribution in [0.15, 0.2) is 42.5 Å². The summed E-state index contributed by atoms with van der Waals surface area (Å²) in [5, 5.41) is 12.4. The molecule has 8 nitrogen and oxygen atoms in total. The normalized spacial score (nSPS) is 17.7. The Morgan fingerprint density at radius 3 is 2.26 bits per heavy atom. The maximum Gasteiger partial charge on any atom is 0.293 e. The molecule has 1 amide bonds. The van der Waals surface area contributed by atoms with E-state index in [-0.39, 0.29) is 16.5 Å². The minimum Gasteiger partial charge on any atom is -0.368 e. The number of amides is 1. The van der Waals surface area contributed by atoms with E-state index in [2.05, 4.69) is 9.80 Å². The molecule has 2 saturated heterocycles. The van der Waals surface area contributed by atoms with Crippen molar-refractivity contribution in [3.8, 4) is 0 Å². The second kappa shape index (κ2) is 9.11. The van der Waals surface area contributed by atoms with E-state index in [0.717, 1.165) is 31.9 Å². The highest BCUT2D eigenvalue weighted by atomic mass is 35.5. The predicted molar refractivity (Wildman–Crippen MR) is 122 cm³/mol. The molecule has 9 heteroatoms. The number of hydrogen-bond donors (Lipinski definition) is 0. The van der Waals surface area contributed by atoms with Gasteiger partial charge in [0.25, 0.3) is 11.6 Å². The van der Waals surface area contributed by atoms with Crippen LogP contribution in [-0.4, -0.2) is 80.0 Å². The van der Waals surface area contributed by atoms with Gasteiger partial charge in [-0.15, -0.1) is 0 Å². The van der Waals surface area contributed by atoms with Crippen LogP contribution in [0.1, 0.15) is 10.4 Å². The number of anilines is 2. The zero-order valence-corrected chi connectivity index (χ0v) is 18.3. The van der Waals surface area contributed by atoms with Gasteiger partial charge in [-0.3, -0.25) is 14.9 Å². The number of nitrogens with zero attached hydrogens (tertiary/aromatic N) is 5. The average molecular weight is 444 g/mol. The average Bonchev–Trinajstić information content (AvgIpc) is 2.79. The Bertz CT molecular complexity index is 969. The predicted octanol–water partition coefficient (Wildman–Crippen LogP) is 2.96. The minimum atomic E-state index is -0.387. The maximum atomic E-state index is 13.0. The van der Waals surface area contributed by atoms with E-state index in [1.54, 1.807) is 17.0 Å². The molecule has 2 aliphatic rings. The number of halogens is 1. The van der Waals surface area contributed by atoms with Gasteiger partial charge >= 0.3 is 0 Å². The van der Waals surface area contributed by atoms with Crippen molar-refractivity contribution < 1.29 is 9.72 Å². The van der Waals surface area contributed by atoms with Crippen LogP contribution in [0.2, 0.25) is 5.02 Å². The number of piperazine rings is 2. The van der Waals surface area contributed by atoms with Crippen molar-refractivity contribution in [1.82, 2.24) is 9.80 Å². The Morgan fingerprint density at radius 1 is 0.935 bits per heavy atom. The van der Waals surface area contributed by atoms with Crippen LogP contribution in [0.3, 0.4) is 0 Å². The second-order valence-corrected chi connectivity index (χ2v) is 8.45. The Balaban J connectivity index is 1.46. The summed E-state index contributed by atoms with van der Waals surface area (Å²) in [6, 6.07) is 12.5. The summed E-state index contributed by atoms with van der Waals surface area (Å²) >= 11 is 6.09. The quantitative estimate of drug-likeness (QED) is 0.534. The van der Waals surface area contributed by atoms with Crippen LogP contribution in [0.25, 0.3) is 0 Å². The van der Waals surface area contributed by atoms with Crippen molar-refractivity contribution >= 4 is 34.6 Å². The molecular weight excluding hydrogens is 418 g/mol. The van der Waals surface area contributed by atoms with Gasteiger partial charge in [0.1, 0.15) is 5.69 Å². The van der Waals surface area contributed by atoms with Crippen LogP contribution < -0.4 is 9.80 Å². The fourth-order valence-corrected chi connectivity index (χ4v) is 4.33.